The summed E-state index contributed by atoms with van der Waals surface area (Å²) in [6.45, 7) is 4.98. The van der Waals surface area contributed by atoms with Gasteiger partial charge in [-0.25, -0.2) is 0 Å². The first-order valence-electron chi connectivity index (χ1n) is 9.90. The number of carbonyl (C=O) groups is 2. The first-order chi connectivity index (χ1) is 13.4. The van der Waals surface area contributed by atoms with Gasteiger partial charge in [0, 0.05) is 18.4 Å². The number of nitrogens with one attached hydrogen (secondary N) is 1. The molecule has 28 heavy (non-hydrogen) atoms. The van der Waals surface area contributed by atoms with Crippen molar-refractivity contribution in [1.82, 2.24) is 4.90 Å². The molecule has 148 valence electrons. The van der Waals surface area contributed by atoms with Gasteiger partial charge in [-0.2, -0.15) is 0 Å². The summed E-state index contributed by atoms with van der Waals surface area (Å²) in [4.78, 5) is 28.9. The molecule has 0 bridgehead atoms. The zero-order valence-electron chi connectivity index (χ0n) is 16.6. The van der Waals surface area contributed by atoms with Gasteiger partial charge in [-0.3, -0.25) is 14.5 Å². The third-order valence-electron chi connectivity index (χ3n) is 5.62. The molecule has 1 saturated carbocycles. The predicted molar refractivity (Wildman–Crippen MR) is 108 cm³/mol. The summed E-state index contributed by atoms with van der Waals surface area (Å²) >= 11 is 0. The number of hydrogen-bond acceptors (Lipinski definition) is 4. The highest BCUT2D eigenvalue weighted by Gasteiger charge is 2.36. The molecule has 2 aliphatic rings. The van der Waals surface area contributed by atoms with Crippen molar-refractivity contribution in [2.24, 2.45) is 5.92 Å². The third-order valence-corrected chi connectivity index (χ3v) is 5.62. The fourth-order valence-corrected chi connectivity index (χ4v) is 3.99. The molecule has 6 heteroatoms. The van der Waals surface area contributed by atoms with Gasteiger partial charge < -0.3 is 14.6 Å². The fourth-order valence-electron chi connectivity index (χ4n) is 3.99. The van der Waals surface area contributed by atoms with E-state index in [1.165, 1.54) is 6.42 Å². The van der Waals surface area contributed by atoms with Crippen molar-refractivity contribution in [2.75, 3.05) is 23.8 Å². The van der Waals surface area contributed by atoms with Gasteiger partial charge in [-0.05, 0) is 50.6 Å². The number of benzene rings is 1. The maximum Gasteiger partial charge on any atom is 0.241 e. The summed E-state index contributed by atoms with van der Waals surface area (Å²) < 4.78 is 5.97. The monoisotopic (exact) mass is 381 g/mol. The van der Waals surface area contributed by atoms with Gasteiger partial charge in [-0.1, -0.05) is 19.1 Å². The van der Waals surface area contributed by atoms with E-state index in [-0.39, 0.29) is 30.8 Å². The minimum Gasteiger partial charge on any atom is -0.464 e. The van der Waals surface area contributed by atoms with Gasteiger partial charge >= 0.3 is 0 Å². The Hall–Kier alpha value is -2.60. The Kier molecular flexibility index (Phi) is 4.98. The van der Waals surface area contributed by atoms with E-state index < -0.39 is 0 Å². The number of rotatable bonds is 5. The van der Waals surface area contributed by atoms with Crippen LogP contribution in [-0.4, -0.2) is 36.3 Å². The highest BCUT2D eigenvalue weighted by atomic mass is 16.3. The lowest BCUT2D eigenvalue weighted by Crippen LogP contribution is -2.44. The Bertz CT molecular complexity index is 891. The second-order valence-corrected chi connectivity index (χ2v) is 8.18. The van der Waals surface area contributed by atoms with Crippen molar-refractivity contribution in [3.8, 4) is 0 Å². The first-order valence-corrected chi connectivity index (χ1v) is 9.90. The third kappa shape index (κ3) is 3.83. The lowest BCUT2D eigenvalue weighted by molar-refractivity contribution is -0.120. The molecule has 2 aromatic rings. The van der Waals surface area contributed by atoms with Crippen LogP contribution in [0.3, 0.4) is 0 Å². The average Bonchev–Trinajstić information content (AvgIpc) is 3.21. The Labute approximate surface area is 165 Å². The molecule has 1 aromatic heterocycles. The smallest absolute Gasteiger partial charge is 0.241 e. The molecule has 6 nitrogen and oxygen atoms in total. The zero-order chi connectivity index (χ0) is 19.8. The Morgan fingerprint density at radius 1 is 1.25 bits per heavy atom. The lowest BCUT2D eigenvalue weighted by Gasteiger charge is -2.29. The number of likely N-dealkylation sites (N-methyl/N-ethyl adjacent to an activating group) is 1. The number of furan rings is 1. The molecule has 0 saturated heterocycles. The number of nitrogens with zero attached hydrogens (tertiary/aromatic N) is 2. The van der Waals surface area contributed by atoms with Gasteiger partial charge in [0.25, 0.3) is 0 Å². The summed E-state index contributed by atoms with van der Waals surface area (Å²) in [5.74, 6) is 3.11. The largest absolute Gasteiger partial charge is 0.464 e. The van der Waals surface area contributed by atoms with Crippen LogP contribution in [0, 0.1) is 5.92 Å². The molecule has 2 heterocycles. The first kappa shape index (κ1) is 18.7. The summed E-state index contributed by atoms with van der Waals surface area (Å²) in [6.07, 6.45) is 1.48. The van der Waals surface area contributed by atoms with E-state index >= 15 is 0 Å². The minimum absolute atomic E-state index is 0.0263. The predicted octanol–water partition coefficient (Wildman–Crippen LogP) is 3.60. The standard InChI is InChI=1S/C22H27N3O3/c1-14-10-17(14)20-9-8-16(28-20)12-24(3)13-22(27)25-15(2)11-21(26)23-18-6-4-5-7-19(18)25/h4-9,14-15,17H,10-13H2,1-3H3,(H,23,26)/t14-,15-,17+/m1/s1. The van der Waals surface area contributed by atoms with Crippen molar-refractivity contribution in [2.45, 2.75) is 45.2 Å². The van der Waals surface area contributed by atoms with E-state index in [0.29, 0.717) is 24.1 Å². The molecule has 4 rings (SSSR count). The van der Waals surface area contributed by atoms with Crippen LogP contribution in [-0.2, 0) is 16.1 Å². The molecule has 1 fully saturated rings. The molecule has 1 N–H and O–H groups in total. The van der Waals surface area contributed by atoms with Gasteiger partial charge in [0.1, 0.15) is 11.5 Å². The maximum absolute atomic E-state index is 13.1. The topological polar surface area (TPSA) is 65.8 Å². The molecule has 1 aliphatic carbocycles. The Balaban J connectivity index is 1.44. The van der Waals surface area contributed by atoms with Crippen LogP contribution < -0.4 is 10.2 Å². The summed E-state index contributed by atoms with van der Waals surface area (Å²) in [5.41, 5.74) is 1.43. The summed E-state index contributed by atoms with van der Waals surface area (Å²) in [5, 5.41) is 2.89. The molecule has 1 aliphatic heterocycles. The van der Waals surface area contributed by atoms with Crippen LogP contribution >= 0.6 is 0 Å². The van der Waals surface area contributed by atoms with Crippen LogP contribution in [0.4, 0.5) is 11.4 Å². The molecular formula is C22H27N3O3. The second-order valence-electron chi connectivity index (χ2n) is 8.18. The second kappa shape index (κ2) is 7.43. The van der Waals surface area contributed by atoms with Crippen molar-refractivity contribution >= 4 is 23.2 Å². The van der Waals surface area contributed by atoms with Gasteiger partial charge in [0.15, 0.2) is 0 Å². The molecule has 2 amide bonds. The molecule has 0 spiro atoms. The van der Waals surface area contributed by atoms with Gasteiger partial charge in [0.05, 0.1) is 24.5 Å². The van der Waals surface area contributed by atoms with E-state index in [1.807, 2.05) is 49.2 Å². The van der Waals surface area contributed by atoms with E-state index in [0.717, 1.165) is 17.2 Å². The summed E-state index contributed by atoms with van der Waals surface area (Å²) in [6, 6.07) is 11.3. The van der Waals surface area contributed by atoms with Gasteiger partial charge in [0.2, 0.25) is 11.8 Å². The number of para-hydroxylation sites is 2. The van der Waals surface area contributed by atoms with E-state index in [9.17, 15) is 9.59 Å². The van der Waals surface area contributed by atoms with E-state index in [4.69, 9.17) is 4.42 Å². The molecule has 0 unspecified atom stereocenters. The summed E-state index contributed by atoms with van der Waals surface area (Å²) in [7, 11) is 1.91. The van der Waals surface area contributed by atoms with Crippen molar-refractivity contribution in [1.29, 1.82) is 0 Å². The minimum atomic E-state index is -0.198. The van der Waals surface area contributed by atoms with Crippen LogP contribution in [0.25, 0.3) is 0 Å². The van der Waals surface area contributed by atoms with E-state index in [1.54, 1.807) is 4.90 Å². The number of amides is 2. The number of anilines is 2. The maximum atomic E-state index is 13.1. The Morgan fingerprint density at radius 3 is 2.75 bits per heavy atom. The van der Waals surface area contributed by atoms with Crippen LogP contribution in [0.5, 0.6) is 0 Å². The number of hydrogen-bond donors (Lipinski definition) is 1. The molecule has 0 radical (unpaired) electrons. The molecular weight excluding hydrogens is 354 g/mol. The Morgan fingerprint density at radius 2 is 2.00 bits per heavy atom. The zero-order valence-corrected chi connectivity index (χ0v) is 16.6. The van der Waals surface area contributed by atoms with Gasteiger partial charge in [-0.15, -0.1) is 0 Å². The molecule has 1 aromatic carbocycles. The highest BCUT2D eigenvalue weighted by molar-refractivity contribution is 6.04. The highest BCUT2D eigenvalue weighted by Crippen LogP contribution is 2.47. The van der Waals surface area contributed by atoms with Crippen LogP contribution in [0.1, 0.15) is 44.1 Å². The normalized spacial score (nSPS) is 23.9. The molecule has 3 atom stereocenters. The van der Waals surface area contributed by atoms with Crippen LogP contribution in [0.15, 0.2) is 40.8 Å². The van der Waals surface area contributed by atoms with Crippen molar-refractivity contribution < 1.29 is 14.0 Å². The van der Waals surface area contributed by atoms with Crippen molar-refractivity contribution in [3.05, 3.63) is 47.9 Å². The average molecular weight is 381 g/mol. The van der Waals surface area contributed by atoms with Crippen molar-refractivity contribution in [3.63, 3.8) is 0 Å². The number of carbonyl (C=O) groups excluding carboxylic acids is 2. The quantitative estimate of drug-likeness (QED) is 0.859. The number of fused-ring (bicyclic) bond motifs is 1. The van der Waals surface area contributed by atoms with E-state index in [2.05, 4.69) is 18.3 Å². The van der Waals surface area contributed by atoms with Crippen LogP contribution in [0.2, 0.25) is 0 Å². The SMILES string of the molecule is C[C@@H]1C[C@@H]1c1ccc(CN(C)CC(=O)N2c3ccccc3NC(=O)C[C@H]2C)o1. The fraction of sp³-hybridized carbons (Fsp3) is 0.455. The lowest BCUT2D eigenvalue weighted by atomic mass is 10.1.